The Morgan fingerprint density at radius 1 is 1.08 bits per heavy atom. The fraction of sp³-hybridized carbons (Fsp3) is 0.444. The first kappa shape index (κ1) is 24.7. The third kappa shape index (κ3) is 4.48. The Morgan fingerprint density at radius 3 is 2.36 bits per heavy atom. The normalized spacial score (nSPS) is 27.0. The van der Waals surface area contributed by atoms with Crippen molar-refractivity contribution in [2.75, 3.05) is 19.3 Å². The maximum Gasteiger partial charge on any atom is 0.326 e. The monoisotopic (exact) mass is 509 g/mol. The van der Waals surface area contributed by atoms with Crippen LogP contribution in [0.1, 0.15) is 36.5 Å². The molecule has 2 amide bonds. The van der Waals surface area contributed by atoms with Crippen LogP contribution in [0.4, 0.5) is 0 Å². The van der Waals surface area contributed by atoms with Crippen molar-refractivity contribution in [1.29, 1.82) is 0 Å². The smallest absolute Gasteiger partial charge is 0.326 e. The van der Waals surface area contributed by atoms with Crippen LogP contribution in [0.25, 0.3) is 0 Å². The number of aliphatic carboxylic acids is 1. The summed E-state index contributed by atoms with van der Waals surface area (Å²) in [5.74, 6) is -1.73. The molecule has 1 aliphatic carbocycles. The summed E-state index contributed by atoms with van der Waals surface area (Å²) in [6.45, 7) is 1.83. The van der Waals surface area contributed by atoms with Gasteiger partial charge in [0.05, 0.1) is 0 Å². The fourth-order valence-electron chi connectivity index (χ4n) is 5.70. The molecule has 2 fully saturated rings. The van der Waals surface area contributed by atoms with E-state index in [9.17, 15) is 24.1 Å². The highest BCUT2D eigenvalue weighted by Crippen LogP contribution is 2.69. The number of carboxylic acids is 1. The van der Waals surface area contributed by atoms with Crippen LogP contribution in [-0.4, -0.2) is 69.3 Å². The summed E-state index contributed by atoms with van der Waals surface area (Å²) in [7, 11) is -2.98. The molecule has 0 bridgehead atoms. The van der Waals surface area contributed by atoms with Crippen molar-refractivity contribution in [1.82, 2.24) is 14.9 Å². The molecule has 3 aliphatic rings. The van der Waals surface area contributed by atoms with E-state index in [4.69, 9.17) is 0 Å². The molecule has 0 spiro atoms. The average molecular weight is 510 g/mol. The Bertz CT molecular complexity index is 1210. The minimum Gasteiger partial charge on any atom is -0.480 e. The highest BCUT2D eigenvalue weighted by Gasteiger charge is 2.67. The van der Waals surface area contributed by atoms with Crippen molar-refractivity contribution >= 4 is 25.1 Å². The lowest BCUT2D eigenvalue weighted by Crippen LogP contribution is -2.53. The van der Waals surface area contributed by atoms with E-state index in [1.807, 2.05) is 54.6 Å². The highest BCUT2D eigenvalue weighted by molar-refractivity contribution is 7.71. The van der Waals surface area contributed by atoms with Gasteiger partial charge in [-0.3, -0.25) is 9.59 Å². The number of hydrogen-bond acceptors (Lipinski definition) is 4. The number of rotatable bonds is 8. The molecule has 5 rings (SSSR count). The molecule has 1 unspecified atom stereocenters. The van der Waals surface area contributed by atoms with E-state index < -0.39 is 24.6 Å². The van der Waals surface area contributed by atoms with Crippen molar-refractivity contribution in [2.45, 2.75) is 56.4 Å². The Morgan fingerprint density at radius 2 is 1.72 bits per heavy atom. The number of nitrogens with zero attached hydrogens (tertiary/aromatic N) is 2. The molecule has 0 aromatic heterocycles. The van der Waals surface area contributed by atoms with Crippen LogP contribution in [0.15, 0.2) is 54.6 Å². The molecule has 2 aliphatic heterocycles. The van der Waals surface area contributed by atoms with Crippen molar-refractivity contribution in [3.05, 3.63) is 71.3 Å². The summed E-state index contributed by atoms with van der Waals surface area (Å²) in [4.78, 5) is 41.9. The van der Waals surface area contributed by atoms with Gasteiger partial charge in [0.1, 0.15) is 12.6 Å². The molecule has 2 aromatic rings. The maximum absolute atomic E-state index is 14.0. The lowest BCUT2D eigenvalue weighted by molar-refractivity contribution is -0.150. The zero-order valence-corrected chi connectivity index (χ0v) is 21.3. The Labute approximate surface area is 211 Å². The van der Waals surface area contributed by atoms with Gasteiger partial charge in [-0.25, -0.2) is 9.88 Å². The number of aryl methyl sites for hydroxylation is 1. The van der Waals surface area contributed by atoms with Crippen LogP contribution in [0.2, 0.25) is 0 Å². The maximum atomic E-state index is 14.0. The summed E-state index contributed by atoms with van der Waals surface area (Å²) in [6.07, 6.45) is 3.22. The van der Waals surface area contributed by atoms with E-state index in [1.165, 1.54) is 4.90 Å². The largest absolute Gasteiger partial charge is 0.480 e. The topological polar surface area (TPSA) is 117 Å². The van der Waals surface area contributed by atoms with Gasteiger partial charge >= 0.3 is 5.97 Å². The first-order valence-corrected chi connectivity index (χ1v) is 14.4. The molecule has 2 aromatic carbocycles. The van der Waals surface area contributed by atoms with Crippen molar-refractivity contribution in [2.24, 2.45) is 0 Å². The van der Waals surface area contributed by atoms with E-state index in [1.54, 1.807) is 11.8 Å². The summed E-state index contributed by atoms with van der Waals surface area (Å²) >= 11 is 0. The van der Waals surface area contributed by atoms with Crippen LogP contribution in [-0.2, 0) is 38.2 Å². The van der Waals surface area contributed by atoms with E-state index in [0.29, 0.717) is 44.8 Å². The number of nitrogens with one attached hydrogen (secondary N) is 1. The first-order chi connectivity index (χ1) is 17.2. The summed E-state index contributed by atoms with van der Waals surface area (Å²) < 4.78 is 13.7. The van der Waals surface area contributed by atoms with E-state index in [0.717, 1.165) is 16.7 Å². The second-order valence-electron chi connectivity index (χ2n) is 10.2. The molecular weight excluding hydrogens is 477 g/mol. The Balaban J connectivity index is 1.36. The third-order valence-electron chi connectivity index (χ3n) is 7.94. The quantitative estimate of drug-likeness (QED) is 0.418. The van der Waals surface area contributed by atoms with Gasteiger partial charge < -0.3 is 19.5 Å². The molecule has 3 atom stereocenters. The SMILES string of the molecule is C[C@@]1(C(=O)N(CC(=O)N2CCC[C@H]2C(=O)O)C2Cc3ccccc3C2)NP1(=O)CCc1ccccc1. The zero-order chi connectivity index (χ0) is 25.5. The van der Waals surface area contributed by atoms with Crippen molar-refractivity contribution < 1.29 is 24.1 Å². The molecule has 2 N–H and O–H groups in total. The Hall–Kier alpha value is -2.96. The molecule has 36 heavy (non-hydrogen) atoms. The van der Waals surface area contributed by atoms with Gasteiger partial charge in [0.25, 0.3) is 5.91 Å². The van der Waals surface area contributed by atoms with Gasteiger partial charge in [-0.2, -0.15) is 0 Å². The minimum absolute atomic E-state index is 0.211. The standard InChI is InChI=1S/C27H32N3O5P/c1-27(28-36(27,35)15-13-19-8-3-2-4-9-19)26(34)30(22-16-20-10-5-6-11-21(20)17-22)18-24(31)29-14-7-12-23(29)25(32)33/h2-6,8-11,22-23H,7,12-18H2,1H3,(H,28,35)(H,32,33)/t23-,27+,36?/m0/s1. The predicted molar refractivity (Wildman–Crippen MR) is 136 cm³/mol. The first-order valence-electron chi connectivity index (χ1n) is 12.5. The molecule has 0 radical (unpaired) electrons. The number of hydrogen-bond donors (Lipinski definition) is 2. The van der Waals surface area contributed by atoms with E-state index in [2.05, 4.69) is 5.09 Å². The third-order valence-corrected chi connectivity index (χ3v) is 11.1. The minimum atomic E-state index is -2.98. The predicted octanol–water partition coefficient (Wildman–Crippen LogP) is 2.90. The zero-order valence-electron chi connectivity index (χ0n) is 20.4. The van der Waals surface area contributed by atoms with Crippen LogP contribution in [0.5, 0.6) is 0 Å². The second kappa shape index (κ2) is 9.49. The summed E-state index contributed by atoms with van der Waals surface area (Å²) in [5.41, 5.74) is 3.33. The van der Waals surface area contributed by atoms with Crippen LogP contribution in [0, 0.1) is 0 Å². The van der Waals surface area contributed by atoms with E-state index >= 15 is 0 Å². The number of carboxylic acid groups (broad SMARTS) is 1. The number of carbonyl (C=O) groups excluding carboxylic acids is 2. The van der Waals surface area contributed by atoms with E-state index in [-0.39, 0.29) is 24.4 Å². The number of fused-ring (bicyclic) bond motifs is 1. The van der Waals surface area contributed by atoms with Gasteiger partial charge in [-0.05, 0) is 55.7 Å². The van der Waals surface area contributed by atoms with Gasteiger partial charge in [0.15, 0.2) is 12.6 Å². The molecule has 9 heteroatoms. The van der Waals surface area contributed by atoms with Gasteiger partial charge in [0, 0.05) is 18.7 Å². The molecule has 0 saturated carbocycles. The fourth-order valence-corrected chi connectivity index (χ4v) is 8.35. The van der Waals surface area contributed by atoms with Gasteiger partial charge in [-0.1, -0.05) is 54.6 Å². The van der Waals surface area contributed by atoms with Crippen molar-refractivity contribution in [3.63, 3.8) is 0 Å². The van der Waals surface area contributed by atoms with Crippen LogP contribution < -0.4 is 5.09 Å². The summed E-state index contributed by atoms with van der Waals surface area (Å²) in [5, 5.41) is 11.4. The number of amides is 2. The molecule has 190 valence electrons. The molecule has 8 nitrogen and oxygen atoms in total. The molecule has 2 saturated heterocycles. The summed E-state index contributed by atoms with van der Waals surface area (Å²) in [6, 6.07) is 16.6. The molecular formula is C27H32N3O5P. The number of carbonyl (C=O) groups is 3. The lowest BCUT2D eigenvalue weighted by atomic mass is 10.1. The molecule has 2 heterocycles. The lowest BCUT2D eigenvalue weighted by Gasteiger charge is -2.32. The van der Waals surface area contributed by atoms with Gasteiger partial charge in [-0.15, -0.1) is 0 Å². The van der Waals surface area contributed by atoms with Crippen molar-refractivity contribution in [3.8, 4) is 0 Å². The average Bonchev–Trinajstić information content (AvgIpc) is 3.28. The van der Waals surface area contributed by atoms with Gasteiger partial charge in [0.2, 0.25) is 5.91 Å². The second-order valence-corrected chi connectivity index (χ2v) is 13.3. The number of benzene rings is 2. The number of likely N-dealkylation sites (tertiary alicyclic amines) is 1. The van der Waals surface area contributed by atoms with Crippen LogP contribution >= 0.6 is 7.29 Å². The Kier molecular flexibility index (Phi) is 6.52. The van der Waals surface area contributed by atoms with Crippen LogP contribution in [0.3, 0.4) is 0 Å². The highest BCUT2D eigenvalue weighted by atomic mass is 31.2.